The fourth-order valence-electron chi connectivity index (χ4n) is 0.905. The number of hydrogen-bond donors (Lipinski definition) is 0. The summed E-state index contributed by atoms with van der Waals surface area (Å²) in [5.74, 6) is 0. The molecule has 10 heavy (non-hydrogen) atoms. The molecule has 58 valence electrons. The molecule has 0 fully saturated rings. The Morgan fingerprint density at radius 1 is 1.30 bits per heavy atom. The van der Waals surface area contributed by atoms with Crippen molar-refractivity contribution in [3.05, 3.63) is 17.9 Å². The summed E-state index contributed by atoms with van der Waals surface area (Å²) in [6.07, 6.45) is 6.53. The largest absolute Gasteiger partial charge is 0.130 e. The number of unbranched alkanes of at least 4 members (excludes halogenated alkanes) is 3. The van der Waals surface area contributed by atoms with Gasteiger partial charge in [-0.3, -0.25) is 0 Å². The van der Waals surface area contributed by atoms with Gasteiger partial charge in [0.15, 0.2) is 0 Å². The quantitative estimate of drug-likeness (QED) is 0.401. The van der Waals surface area contributed by atoms with Gasteiger partial charge in [0.2, 0.25) is 0 Å². The normalized spacial score (nSPS) is 9.00. The van der Waals surface area contributed by atoms with Crippen LogP contribution in [-0.4, -0.2) is 0 Å². The van der Waals surface area contributed by atoms with Gasteiger partial charge in [0.25, 0.3) is 0 Å². The minimum Gasteiger partial charge on any atom is -0.130 e. The lowest BCUT2D eigenvalue weighted by Gasteiger charge is -1.96. The minimum absolute atomic E-state index is 1.18. The van der Waals surface area contributed by atoms with Gasteiger partial charge in [0, 0.05) is 0 Å². The SMILES string of the molecule is C=C=C(C)CCCCCC. The molecule has 0 nitrogen and oxygen atoms in total. The fourth-order valence-corrected chi connectivity index (χ4v) is 0.905. The molecular formula is C10H18. The molecule has 0 aromatic heterocycles. The van der Waals surface area contributed by atoms with Gasteiger partial charge in [-0.05, 0) is 25.3 Å². The van der Waals surface area contributed by atoms with Crippen LogP contribution >= 0.6 is 0 Å². The topological polar surface area (TPSA) is 0 Å². The van der Waals surface area contributed by atoms with Crippen LogP contribution in [0.1, 0.15) is 46.0 Å². The maximum Gasteiger partial charge on any atom is -0.0247 e. The molecule has 0 aromatic carbocycles. The Labute approximate surface area is 64.6 Å². The summed E-state index contributed by atoms with van der Waals surface area (Å²) in [6.45, 7) is 7.93. The van der Waals surface area contributed by atoms with Crippen molar-refractivity contribution in [2.45, 2.75) is 46.0 Å². The van der Waals surface area contributed by atoms with Crippen LogP contribution in [0.4, 0.5) is 0 Å². The summed E-state index contributed by atoms with van der Waals surface area (Å²) in [6, 6.07) is 0. The molecule has 0 bridgehead atoms. The van der Waals surface area contributed by atoms with E-state index in [0.717, 1.165) is 0 Å². The predicted molar refractivity (Wildman–Crippen MR) is 47.1 cm³/mol. The van der Waals surface area contributed by atoms with Gasteiger partial charge < -0.3 is 0 Å². The lowest BCUT2D eigenvalue weighted by Crippen LogP contribution is -1.77. The molecule has 0 aliphatic rings. The maximum atomic E-state index is 3.60. The van der Waals surface area contributed by atoms with E-state index in [1.165, 1.54) is 37.7 Å². The molecular weight excluding hydrogens is 120 g/mol. The highest BCUT2D eigenvalue weighted by molar-refractivity contribution is 4.93. The average molecular weight is 138 g/mol. The third-order valence-electron chi connectivity index (χ3n) is 1.71. The highest BCUT2D eigenvalue weighted by atomic mass is 13.9. The van der Waals surface area contributed by atoms with Gasteiger partial charge in [0.05, 0.1) is 0 Å². The summed E-state index contributed by atoms with van der Waals surface area (Å²) in [5, 5.41) is 0. The monoisotopic (exact) mass is 138 g/mol. The summed E-state index contributed by atoms with van der Waals surface area (Å²) in [5.41, 5.74) is 4.21. The zero-order chi connectivity index (χ0) is 7.82. The van der Waals surface area contributed by atoms with E-state index in [-0.39, 0.29) is 0 Å². The van der Waals surface area contributed by atoms with Crippen LogP contribution in [0.3, 0.4) is 0 Å². The summed E-state index contributed by atoms with van der Waals surface area (Å²) in [7, 11) is 0. The van der Waals surface area contributed by atoms with Crippen molar-refractivity contribution >= 4 is 0 Å². The molecule has 0 amide bonds. The fraction of sp³-hybridized carbons (Fsp3) is 0.700. The van der Waals surface area contributed by atoms with E-state index >= 15 is 0 Å². The van der Waals surface area contributed by atoms with Crippen molar-refractivity contribution < 1.29 is 0 Å². The second-order valence-corrected chi connectivity index (χ2v) is 2.77. The smallest absolute Gasteiger partial charge is 0.0247 e. The highest BCUT2D eigenvalue weighted by Gasteiger charge is 1.88. The van der Waals surface area contributed by atoms with Crippen molar-refractivity contribution in [1.29, 1.82) is 0 Å². The first-order valence-electron chi connectivity index (χ1n) is 4.16. The first-order chi connectivity index (χ1) is 4.81. The molecule has 0 atom stereocenters. The predicted octanol–water partition coefficient (Wildman–Crippen LogP) is 3.69. The van der Waals surface area contributed by atoms with Gasteiger partial charge in [-0.25, -0.2) is 0 Å². The summed E-state index contributed by atoms with van der Waals surface area (Å²) in [4.78, 5) is 0. The highest BCUT2D eigenvalue weighted by Crippen LogP contribution is 2.07. The first kappa shape index (κ1) is 9.52. The van der Waals surface area contributed by atoms with Gasteiger partial charge in [0.1, 0.15) is 0 Å². The van der Waals surface area contributed by atoms with E-state index in [2.05, 4.69) is 26.2 Å². The van der Waals surface area contributed by atoms with Crippen LogP contribution in [0, 0.1) is 0 Å². The maximum absolute atomic E-state index is 3.60. The van der Waals surface area contributed by atoms with E-state index in [0.29, 0.717) is 0 Å². The molecule has 0 aromatic rings. The number of rotatable bonds is 5. The zero-order valence-corrected chi connectivity index (χ0v) is 7.24. The minimum atomic E-state index is 1.18. The van der Waals surface area contributed by atoms with Gasteiger partial charge >= 0.3 is 0 Å². The zero-order valence-electron chi connectivity index (χ0n) is 7.24. The van der Waals surface area contributed by atoms with Gasteiger partial charge in [-0.1, -0.05) is 32.8 Å². The Bertz CT molecular complexity index is 116. The van der Waals surface area contributed by atoms with E-state index in [4.69, 9.17) is 0 Å². The van der Waals surface area contributed by atoms with E-state index < -0.39 is 0 Å². The van der Waals surface area contributed by atoms with Crippen LogP contribution < -0.4 is 0 Å². The Hall–Kier alpha value is -0.480. The van der Waals surface area contributed by atoms with Crippen LogP contribution in [0.25, 0.3) is 0 Å². The molecule has 0 N–H and O–H groups in total. The Morgan fingerprint density at radius 3 is 2.50 bits per heavy atom. The van der Waals surface area contributed by atoms with Crippen LogP contribution in [0.15, 0.2) is 17.9 Å². The third kappa shape index (κ3) is 5.65. The van der Waals surface area contributed by atoms with Crippen molar-refractivity contribution in [2.24, 2.45) is 0 Å². The summed E-state index contributed by atoms with van der Waals surface area (Å²) >= 11 is 0. The second-order valence-electron chi connectivity index (χ2n) is 2.77. The Kier molecular flexibility index (Phi) is 6.32. The van der Waals surface area contributed by atoms with Gasteiger partial charge in [-0.2, -0.15) is 0 Å². The summed E-state index contributed by atoms with van der Waals surface area (Å²) < 4.78 is 0. The average Bonchev–Trinajstić information content (AvgIpc) is 1.98. The van der Waals surface area contributed by atoms with Crippen LogP contribution in [0.5, 0.6) is 0 Å². The molecule has 0 heteroatoms. The van der Waals surface area contributed by atoms with Gasteiger partial charge in [-0.15, -0.1) is 5.73 Å². The molecule has 0 rings (SSSR count). The molecule has 0 radical (unpaired) electrons. The molecule has 0 spiro atoms. The molecule has 0 saturated carbocycles. The number of allylic oxidation sites excluding steroid dienone is 1. The standard InChI is InChI=1S/C10H18/c1-4-6-7-8-9-10(3)5-2/h2,4,6-9H2,1,3H3. The van der Waals surface area contributed by atoms with E-state index in [1.807, 2.05) is 0 Å². The lowest BCUT2D eigenvalue weighted by molar-refractivity contribution is 0.665. The van der Waals surface area contributed by atoms with Crippen LogP contribution in [-0.2, 0) is 0 Å². The van der Waals surface area contributed by atoms with Crippen molar-refractivity contribution in [1.82, 2.24) is 0 Å². The molecule has 0 aliphatic heterocycles. The van der Waals surface area contributed by atoms with Crippen molar-refractivity contribution in [3.63, 3.8) is 0 Å². The second kappa shape index (κ2) is 6.64. The Balaban J connectivity index is 3.12. The van der Waals surface area contributed by atoms with Crippen molar-refractivity contribution in [2.75, 3.05) is 0 Å². The lowest BCUT2D eigenvalue weighted by atomic mass is 10.1. The Morgan fingerprint density at radius 2 is 2.00 bits per heavy atom. The number of hydrogen-bond acceptors (Lipinski definition) is 0. The van der Waals surface area contributed by atoms with E-state index in [9.17, 15) is 0 Å². The van der Waals surface area contributed by atoms with E-state index in [1.54, 1.807) is 0 Å². The molecule has 0 unspecified atom stereocenters. The molecule has 0 heterocycles. The van der Waals surface area contributed by atoms with Crippen molar-refractivity contribution in [3.8, 4) is 0 Å². The first-order valence-corrected chi connectivity index (χ1v) is 4.16. The molecule has 0 aliphatic carbocycles. The molecule has 0 saturated heterocycles. The third-order valence-corrected chi connectivity index (χ3v) is 1.71. The van der Waals surface area contributed by atoms with Crippen LogP contribution in [0.2, 0.25) is 0 Å².